The van der Waals surface area contributed by atoms with Crippen LogP contribution in [0.25, 0.3) is 31.6 Å². The summed E-state index contributed by atoms with van der Waals surface area (Å²) in [5, 5.41) is 7.11. The van der Waals surface area contributed by atoms with Gasteiger partial charge in [-0.25, -0.2) is 29.5 Å². The number of para-hydroxylation sites is 2. The standard InChI is InChI=1S/C45H44N4O7S.C33H37BN4O5S/c1-28-32(11-9-14-37(28)55-25-24-54-31-18-16-29(17-19-31)26-40(50)53-5)33-20-21-39(47-41(33)43(52)56-45(2,3)4)49-23-22-30-10-8-12-34(35(30)27-49)42(51)48-44-46-36-13-6-7-15-38(36)57-44;1-31(2,3)41-29(40)27-23(34-42-32(4,5)33(6,7)43-34)15-16-26(36-27)38-18-17-20-11-10-12-21(22(20)19-38)28(39)37-30-35-24-13-8-9-14-25(24)44-30/h6-21H,22-27H2,1-5H3,(H,46,48,51);8-16H,17-19H2,1-7H3,(H,35,37,39). The second-order valence-electron chi connectivity index (χ2n) is 27.9. The maximum absolute atomic E-state index is 13.9. The first-order valence-corrected chi connectivity index (χ1v) is 35.2. The average molecular weight is 1400 g/mol. The normalized spacial score (nSPS) is 14.6. The molecule has 2 amide bonds. The van der Waals surface area contributed by atoms with Crippen molar-refractivity contribution in [2.45, 2.75) is 131 Å². The van der Waals surface area contributed by atoms with Crippen molar-refractivity contribution in [3.63, 3.8) is 0 Å². The van der Waals surface area contributed by atoms with Crippen LogP contribution in [0, 0.1) is 6.92 Å². The van der Waals surface area contributed by atoms with Crippen LogP contribution in [0.2, 0.25) is 0 Å². The van der Waals surface area contributed by atoms with E-state index in [-0.39, 0.29) is 42.2 Å². The molecule has 0 radical (unpaired) electrons. The van der Waals surface area contributed by atoms with Gasteiger partial charge in [-0.1, -0.05) is 102 Å². The molecule has 0 saturated carbocycles. The highest BCUT2D eigenvalue weighted by molar-refractivity contribution is 7.22. The monoisotopic (exact) mass is 1400 g/mol. The number of carbonyl (C=O) groups excluding carboxylic acids is 5. The van der Waals surface area contributed by atoms with E-state index in [9.17, 15) is 24.0 Å². The zero-order chi connectivity index (χ0) is 71.5. The summed E-state index contributed by atoms with van der Waals surface area (Å²) >= 11 is 2.89. The second kappa shape index (κ2) is 29.3. The summed E-state index contributed by atoms with van der Waals surface area (Å²) in [5.41, 5.74) is 8.21. The molecule has 6 aromatic carbocycles. The Balaban J connectivity index is 0.000000197. The number of nitrogens with one attached hydrogen (secondary N) is 2. The maximum Gasteiger partial charge on any atom is 0.497 e. The first kappa shape index (κ1) is 70.8. The summed E-state index contributed by atoms with van der Waals surface area (Å²) in [6, 6.07) is 47.7. The van der Waals surface area contributed by atoms with Crippen LogP contribution in [0.5, 0.6) is 11.5 Å². The molecule has 13 rings (SSSR count). The zero-order valence-electron chi connectivity index (χ0n) is 58.8. The van der Waals surface area contributed by atoms with Crippen molar-refractivity contribution in [1.29, 1.82) is 0 Å². The molecule has 2 N–H and O–H groups in total. The van der Waals surface area contributed by atoms with Crippen LogP contribution >= 0.6 is 22.7 Å². The van der Waals surface area contributed by atoms with Crippen LogP contribution in [0.4, 0.5) is 21.9 Å². The van der Waals surface area contributed by atoms with Gasteiger partial charge in [0, 0.05) is 48.3 Å². The molecule has 0 spiro atoms. The van der Waals surface area contributed by atoms with Gasteiger partial charge in [0.25, 0.3) is 11.8 Å². The van der Waals surface area contributed by atoms with Gasteiger partial charge >= 0.3 is 25.0 Å². The number of benzene rings is 6. The van der Waals surface area contributed by atoms with Crippen molar-refractivity contribution in [2.24, 2.45) is 0 Å². The van der Waals surface area contributed by atoms with Gasteiger partial charge in [0.05, 0.1) is 45.2 Å². The van der Waals surface area contributed by atoms with Crippen LogP contribution in [-0.2, 0) is 60.7 Å². The Kier molecular flexibility index (Phi) is 20.5. The van der Waals surface area contributed by atoms with Gasteiger partial charge in [0.1, 0.15) is 47.6 Å². The lowest BCUT2D eigenvalue weighted by molar-refractivity contribution is -0.139. The summed E-state index contributed by atoms with van der Waals surface area (Å²) in [4.78, 5) is 89.2. The molecule has 3 aliphatic heterocycles. The van der Waals surface area contributed by atoms with Gasteiger partial charge in [0.15, 0.2) is 21.7 Å². The number of anilines is 4. The van der Waals surface area contributed by atoms with Crippen LogP contribution in [-0.4, -0.2) is 113 Å². The van der Waals surface area contributed by atoms with Crippen LogP contribution < -0.4 is 35.4 Å². The lowest BCUT2D eigenvalue weighted by atomic mass is 9.77. The molecule has 1 saturated heterocycles. The molecule has 101 heavy (non-hydrogen) atoms. The van der Waals surface area contributed by atoms with Crippen molar-refractivity contribution in [3.8, 4) is 22.6 Å². The van der Waals surface area contributed by atoms with Gasteiger partial charge in [-0.05, 0) is 201 Å². The number of methoxy groups -OCH3 is 1. The topological polar surface area (TPSA) is 232 Å². The van der Waals surface area contributed by atoms with Crippen molar-refractivity contribution < 1.29 is 57.0 Å². The number of fused-ring (bicyclic) bond motifs is 4. The molecule has 23 heteroatoms. The molecule has 3 aliphatic rings. The Hall–Kier alpha value is -10.1. The van der Waals surface area contributed by atoms with E-state index in [2.05, 4.69) is 42.5 Å². The van der Waals surface area contributed by atoms with E-state index >= 15 is 0 Å². The number of esters is 3. The molecule has 1 fully saturated rings. The summed E-state index contributed by atoms with van der Waals surface area (Å²) in [6.07, 6.45) is 1.62. The molecule has 10 aromatic rings. The molecule has 4 aromatic heterocycles. The zero-order valence-corrected chi connectivity index (χ0v) is 60.4. The number of carbonyl (C=O) groups is 5. The first-order chi connectivity index (χ1) is 48.2. The summed E-state index contributed by atoms with van der Waals surface area (Å²) in [7, 11) is 0.593. The minimum atomic E-state index is -0.774. The Bertz CT molecular complexity index is 4710. The van der Waals surface area contributed by atoms with E-state index in [0.717, 1.165) is 65.8 Å². The van der Waals surface area contributed by atoms with Crippen molar-refractivity contribution in [1.82, 2.24) is 19.9 Å². The number of ether oxygens (including phenoxy) is 5. The van der Waals surface area contributed by atoms with Crippen molar-refractivity contribution in [3.05, 3.63) is 208 Å². The minimum absolute atomic E-state index is 0.156. The maximum atomic E-state index is 13.9. The summed E-state index contributed by atoms with van der Waals surface area (Å²) in [6.45, 7) is 23.6. The second-order valence-corrected chi connectivity index (χ2v) is 30.0. The molecular weight excluding hydrogens is 1320 g/mol. The SMILES string of the molecule is CC(C)(C)OC(=O)c1nc(N2CCc3cccc(C(=O)Nc4nc5ccccc5s4)c3C2)ccc1B1OC(C)(C)C(C)(C)O1.COC(=O)Cc1ccc(OCCOc2cccc(-c3ccc(N4CCc5cccc(C(=O)Nc6nc7ccccc7s6)c5C4)nc3C(=O)OC(C)(C)C)c2C)cc1. The third-order valence-corrected chi connectivity index (χ3v) is 19.8. The highest BCUT2D eigenvalue weighted by Crippen LogP contribution is 2.39. The van der Waals surface area contributed by atoms with Crippen LogP contribution in [0.3, 0.4) is 0 Å². The quantitative estimate of drug-likeness (QED) is 0.0373. The largest absolute Gasteiger partial charge is 0.497 e. The average Bonchev–Trinajstić information content (AvgIpc) is 1.73. The molecule has 0 aliphatic carbocycles. The van der Waals surface area contributed by atoms with Crippen molar-refractivity contribution in [2.75, 3.05) is 53.8 Å². The predicted octanol–water partition coefficient (Wildman–Crippen LogP) is 14.4. The lowest BCUT2D eigenvalue weighted by Gasteiger charge is -2.32. The van der Waals surface area contributed by atoms with E-state index in [4.69, 9.17) is 43.0 Å². The van der Waals surface area contributed by atoms with Gasteiger partial charge in [-0.3, -0.25) is 25.0 Å². The number of pyridine rings is 2. The molecular formula is C78H81BN8O12S2. The Morgan fingerprint density at radius 1 is 0.554 bits per heavy atom. The fourth-order valence-electron chi connectivity index (χ4n) is 12.1. The molecule has 520 valence electrons. The highest BCUT2D eigenvalue weighted by Gasteiger charge is 2.53. The van der Waals surface area contributed by atoms with E-state index in [1.165, 1.54) is 29.8 Å². The number of rotatable bonds is 17. The first-order valence-electron chi connectivity index (χ1n) is 33.6. The number of nitrogens with zero attached hydrogens (tertiary/aromatic N) is 6. The summed E-state index contributed by atoms with van der Waals surface area (Å²) < 4.78 is 43.0. The van der Waals surface area contributed by atoms with Gasteiger partial charge < -0.3 is 42.8 Å². The Morgan fingerprint density at radius 3 is 1.57 bits per heavy atom. The molecule has 0 atom stereocenters. The lowest BCUT2D eigenvalue weighted by Crippen LogP contribution is -2.41. The predicted molar refractivity (Wildman–Crippen MR) is 395 cm³/mol. The van der Waals surface area contributed by atoms with E-state index in [1.54, 1.807) is 0 Å². The molecule has 20 nitrogen and oxygen atoms in total. The fraction of sp³-hybridized carbons (Fsp3) is 0.321. The number of amides is 2. The molecule has 7 heterocycles. The Labute approximate surface area is 595 Å². The molecule has 0 bridgehead atoms. The Morgan fingerprint density at radius 2 is 1.05 bits per heavy atom. The highest BCUT2D eigenvalue weighted by atomic mass is 32.1. The van der Waals surface area contributed by atoms with E-state index in [1.807, 2.05) is 216 Å². The van der Waals surface area contributed by atoms with Gasteiger partial charge in [-0.2, -0.15) is 0 Å². The smallest absolute Gasteiger partial charge is 0.490 e. The number of hydrogen-bond acceptors (Lipinski definition) is 20. The summed E-state index contributed by atoms with van der Waals surface area (Å²) in [5.74, 6) is 0.709. The minimum Gasteiger partial charge on any atom is -0.490 e. The number of thiazole rings is 2. The number of aromatic nitrogens is 4. The fourth-order valence-corrected chi connectivity index (χ4v) is 13.8. The van der Waals surface area contributed by atoms with E-state index < -0.39 is 41.5 Å². The molecule has 0 unspecified atom stereocenters. The number of hydrogen-bond donors (Lipinski definition) is 2. The van der Waals surface area contributed by atoms with Crippen LogP contribution in [0.15, 0.2) is 152 Å². The third kappa shape index (κ3) is 16.4. The van der Waals surface area contributed by atoms with Crippen LogP contribution in [0.1, 0.15) is 144 Å². The third-order valence-electron chi connectivity index (χ3n) is 17.9. The van der Waals surface area contributed by atoms with Gasteiger partial charge in [0.2, 0.25) is 0 Å². The van der Waals surface area contributed by atoms with Crippen molar-refractivity contribution >= 4 is 107 Å². The van der Waals surface area contributed by atoms with Gasteiger partial charge in [-0.15, -0.1) is 0 Å². The van der Waals surface area contributed by atoms with E-state index in [0.29, 0.717) is 94.8 Å².